The molecule has 57 heavy (non-hydrogen) atoms. The Bertz CT molecular complexity index is 2670. The Morgan fingerprint density at radius 2 is 1.58 bits per heavy atom. The minimum atomic E-state index is -4.94. The summed E-state index contributed by atoms with van der Waals surface area (Å²) in [7, 11) is -4.74. The molecule has 11 nitrogen and oxygen atoms in total. The number of unbranched alkanes of at least 4 members (excludes halogenated alkanes) is 1. The number of nitrogens with one attached hydrogen (secondary N) is 2. The van der Waals surface area contributed by atoms with E-state index in [1.54, 1.807) is 4.72 Å². The zero-order chi connectivity index (χ0) is 41.1. The van der Waals surface area contributed by atoms with Gasteiger partial charge >= 0.3 is 11.9 Å². The molecule has 0 saturated heterocycles. The summed E-state index contributed by atoms with van der Waals surface area (Å²) < 4.78 is 117. The maximum Gasteiger partial charge on any atom is 0.418 e. The number of nitrogens with zero attached hydrogens (tertiary/aromatic N) is 4. The van der Waals surface area contributed by atoms with Crippen molar-refractivity contribution in [3.63, 3.8) is 0 Å². The fourth-order valence-electron chi connectivity index (χ4n) is 5.86. The lowest BCUT2D eigenvalue weighted by atomic mass is 10.0. The van der Waals surface area contributed by atoms with Crippen LogP contribution in [0.15, 0.2) is 113 Å². The molecule has 2 aromatic heterocycles. The lowest BCUT2D eigenvalue weighted by molar-refractivity contribution is -0.137. The lowest BCUT2D eigenvalue weighted by Gasteiger charge is -2.14. The fraction of sp³-hybridized carbons (Fsp3) is 0.154. The predicted molar refractivity (Wildman–Crippen MR) is 196 cm³/mol. The maximum atomic E-state index is 15.9. The van der Waals surface area contributed by atoms with Gasteiger partial charge in [0.1, 0.15) is 23.3 Å². The second kappa shape index (κ2) is 16.3. The van der Waals surface area contributed by atoms with Crippen LogP contribution in [0.2, 0.25) is 0 Å². The number of rotatable bonds is 12. The van der Waals surface area contributed by atoms with Gasteiger partial charge in [-0.1, -0.05) is 43.7 Å². The van der Waals surface area contributed by atoms with Crippen molar-refractivity contribution in [1.82, 2.24) is 24.1 Å². The Morgan fingerprint density at radius 3 is 2.28 bits per heavy atom. The first-order valence-electron chi connectivity index (χ1n) is 17.1. The molecule has 0 unspecified atom stereocenters. The van der Waals surface area contributed by atoms with Crippen molar-refractivity contribution in [3.05, 3.63) is 159 Å². The second-order valence-corrected chi connectivity index (χ2v) is 14.2. The Morgan fingerprint density at radius 1 is 0.842 bits per heavy atom. The highest BCUT2D eigenvalue weighted by atomic mass is 32.2. The van der Waals surface area contributed by atoms with Gasteiger partial charge in [-0.2, -0.15) is 17.9 Å². The van der Waals surface area contributed by atoms with Gasteiger partial charge in [-0.05, 0) is 72.6 Å². The molecule has 294 valence electrons. The fourth-order valence-corrected chi connectivity index (χ4v) is 7.06. The van der Waals surface area contributed by atoms with Gasteiger partial charge in [0.15, 0.2) is 0 Å². The summed E-state index contributed by atoms with van der Waals surface area (Å²) in [6.07, 6.45) is -0.996. The van der Waals surface area contributed by atoms with E-state index < -0.39 is 79.4 Å². The average Bonchev–Trinajstić information content (AvgIpc) is 3.49. The van der Waals surface area contributed by atoms with Crippen LogP contribution in [0.5, 0.6) is 0 Å². The quantitative estimate of drug-likeness (QED) is 0.124. The standard InChI is InChI=1S/C39H30F6N6O5S/c1-2-3-8-35-48-51(33-21-27(12-13-30(33)39(43,44)45)47-36(52)23-15-17-46-18-16-23)38(54)50(35)22-25-10-9-24(19-32(25)42)28-6-4-5-7-34(28)57(55,56)49-37(53)29-20-26(40)11-14-31(29)41/h4-7,9-21H,2-3,8,22H2,1H3,(H,47,52)(H,49,53). The molecule has 2 heterocycles. The largest absolute Gasteiger partial charge is 0.418 e. The van der Waals surface area contributed by atoms with Crippen LogP contribution >= 0.6 is 0 Å². The summed E-state index contributed by atoms with van der Waals surface area (Å²) >= 11 is 0. The molecule has 0 saturated carbocycles. The SMILES string of the molecule is CCCCc1nn(-c2cc(NC(=O)c3ccncc3)ccc2C(F)(F)F)c(=O)n1Cc1ccc(-c2ccccc2S(=O)(=O)NC(=O)c2cc(F)ccc2F)cc1F. The van der Waals surface area contributed by atoms with Crippen molar-refractivity contribution in [2.24, 2.45) is 0 Å². The molecular weight excluding hydrogens is 779 g/mol. The minimum absolute atomic E-state index is 0.0105. The zero-order valence-corrected chi connectivity index (χ0v) is 30.5. The highest BCUT2D eigenvalue weighted by Gasteiger charge is 2.35. The number of carbonyl (C=O) groups is 2. The molecule has 6 aromatic rings. The zero-order valence-electron chi connectivity index (χ0n) is 29.6. The normalized spacial score (nSPS) is 11.7. The Balaban J connectivity index is 1.34. The molecule has 0 spiro atoms. The van der Waals surface area contributed by atoms with Crippen molar-refractivity contribution in [2.45, 2.75) is 43.8 Å². The third-order valence-corrected chi connectivity index (χ3v) is 10.1. The molecule has 0 radical (unpaired) electrons. The summed E-state index contributed by atoms with van der Waals surface area (Å²) in [4.78, 5) is 42.7. The monoisotopic (exact) mass is 808 g/mol. The summed E-state index contributed by atoms with van der Waals surface area (Å²) in [5.74, 6) is -5.12. The van der Waals surface area contributed by atoms with E-state index in [0.29, 0.717) is 35.7 Å². The topological polar surface area (TPSA) is 145 Å². The van der Waals surface area contributed by atoms with Crippen molar-refractivity contribution in [3.8, 4) is 16.8 Å². The van der Waals surface area contributed by atoms with E-state index in [1.165, 1.54) is 54.9 Å². The molecule has 4 aromatic carbocycles. The van der Waals surface area contributed by atoms with Crippen molar-refractivity contribution in [2.75, 3.05) is 5.32 Å². The van der Waals surface area contributed by atoms with E-state index in [-0.39, 0.29) is 40.2 Å². The number of benzene rings is 4. The maximum absolute atomic E-state index is 15.9. The number of alkyl halides is 3. The van der Waals surface area contributed by atoms with Gasteiger partial charge in [0.2, 0.25) is 0 Å². The minimum Gasteiger partial charge on any atom is -0.322 e. The third-order valence-electron chi connectivity index (χ3n) is 8.69. The van der Waals surface area contributed by atoms with E-state index in [4.69, 9.17) is 0 Å². The number of hydrogen-bond donors (Lipinski definition) is 2. The van der Waals surface area contributed by atoms with Gasteiger partial charge in [0.25, 0.3) is 21.8 Å². The average molecular weight is 809 g/mol. The van der Waals surface area contributed by atoms with Gasteiger partial charge in [-0.25, -0.2) is 31.1 Å². The van der Waals surface area contributed by atoms with Crippen LogP contribution in [-0.4, -0.2) is 39.6 Å². The Hall–Kier alpha value is -6.56. The smallest absolute Gasteiger partial charge is 0.322 e. The molecule has 2 amide bonds. The predicted octanol–water partition coefficient (Wildman–Crippen LogP) is 7.29. The lowest BCUT2D eigenvalue weighted by Crippen LogP contribution is -2.31. The van der Waals surface area contributed by atoms with Crippen LogP contribution in [0.25, 0.3) is 16.8 Å². The summed E-state index contributed by atoms with van der Waals surface area (Å²) in [5, 5.41) is 6.74. The number of anilines is 1. The first-order chi connectivity index (χ1) is 27.1. The molecule has 0 aliphatic carbocycles. The van der Waals surface area contributed by atoms with Crippen LogP contribution in [0.3, 0.4) is 0 Å². The van der Waals surface area contributed by atoms with E-state index in [0.717, 1.165) is 34.9 Å². The van der Waals surface area contributed by atoms with Gasteiger partial charge < -0.3 is 5.32 Å². The van der Waals surface area contributed by atoms with Crippen molar-refractivity contribution >= 4 is 27.5 Å². The molecule has 0 aliphatic heterocycles. The van der Waals surface area contributed by atoms with Crippen LogP contribution in [-0.2, 0) is 29.2 Å². The number of aryl methyl sites for hydroxylation is 1. The van der Waals surface area contributed by atoms with Crippen molar-refractivity contribution in [1.29, 1.82) is 0 Å². The Labute approximate surface area is 320 Å². The summed E-state index contributed by atoms with van der Waals surface area (Å²) in [6, 6.07) is 16.2. The number of sulfonamides is 1. The van der Waals surface area contributed by atoms with E-state index in [2.05, 4.69) is 15.4 Å². The molecule has 0 bridgehead atoms. The molecular formula is C39H30F6N6O5S. The molecule has 18 heteroatoms. The van der Waals surface area contributed by atoms with Crippen LogP contribution in [0, 0.1) is 17.5 Å². The second-order valence-electron chi connectivity index (χ2n) is 12.6. The van der Waals surface area contributed by atoms with E-state index in [9.17, 15) is 44.8 Å². The molecule has 6 rings (SSSR count). The first kappa shape index (κ1) is 40.1. The summed E-state index contributed by atoms with van der Waals surface area (Å²) in [5.41, 5.74) is -3.87. The van der Waals surface area contributed by atoms with E-state index >= 15 is 4.39 Å². The first-order valence-corrected chi connectivity index (χ1v) is 18.6. The van der Waals surface area contributed by atoms with Gasteiger partial charge in [-0.3, -0.25) is 19.1 Å². The van der Waals surface area contributed by atoms with Gasteiger partial charge in [0.05, 0.1) is 28.3 Å². The van der Waals surface area contributed by atoms with Gasteiger partial charge in [0, 0.05) is 41.2 Å². The number of amides is 2. The molecule has 0 fully saturated rings. The summed E-state index contributed by atoms with van der Waals surface area (Å²) in [6.45, 7) is 1.36. The van der Waals surface area contributed by atoms with Crippen LogP contribution < -0.4 is 15.7 Å². The van der Waals surface area contributed by atoms with E-state index in [1.807, 2.05) is 6.92 Å². The highest BCUT2D eigenvalue weighted by Crippen LogP contribution is 2.35. The molecule has 2 N–H and O–H groups in total. The number of halogens is 6. The van der Waals surface area contributed by atoms with Crippen LogP contribution in [0.4, 0.5) is 32.0 Å². The van der Waals surface area contributed by atoms with Crippen molar-refractivity contribution < 1.29 is 44.3 Å². The number of pyridine rings is 1. The number of aromatic nitrogens is 4. The number of carbonyl (C=O) groups excluding carboxylic acids is 2. The van der Waals surface area contributed by atoms with Gasteiger partial charge in [-0.15, -0.1) is 5.10 Å². The highest BCUT2D eigenvalue weighted by molar-refractivity contribution is 7.90. The number of hydrogen-bond acceptors (Lipinski definition) is 7. The van der Waals surface area contributed by atoms with Crippen LogP contribution in [0.1, 0.15) is 57.4 Å². The molecule has 0 aliphatic rings. The Kier molecular flexibility index (Phi) is 11.4. The third kappa shape index (κ3) is 8.80. The molecule has 0 atom stereocenters.